The second-order valence-corrected chi connectivity index (χ2v) is 7.22. The van der Waals surface area contributed by atoms with Crippen LogP contribution in [0.4, 0.5) is 10.1 Å². The maximum Gasteiger partial charge on any atom is 0.234 e. The molecule has 0 aliphatic carbocycles. The van der Waals surface area contributed by atoms with Crippen LogP contribution in [-0.2, 0) is 11.3 Å². The van der Waals surface area contributed by atoms with Gasteiger partial charge in [-0.25, -0.2) is 4.39 Å². The summed E-state index contributed by atoms with van der Waals surface area (Å²) in [6, 6.07) is 8.61. The van der Waals surface area contributed by atoms with Crippen molar-refractivity contribution in [2.24, 2.45) is 0 Å². The molecule has 0 saturated heterocycles. The average molecular weight is 376 g/mol. The third-order valence-electron chi connectivity index (χ3n) is 3.56. The van der Waals surface area contributed by atoms with Gasteiger partial charge in [-0.15, -0.1) is 21.5 Å². The lowest BCUT2D eigenvalue weighted by molar-refractivity contribution is -0.113. The standard InChI is InChI=1S/C17H17FN4OS2/c1-3-22-16(14-5-4-8-24-14)20-21-17(22)25-10-15(23)19-12-7-6-11(2)13(18)9-12/h4-9H,3,10H2,1-2H3,(H,19,23). The van der Waals surface area contributed by atoms with Crippen LogP contribution in [0.15, 0.2) is 40.9 Å². The van der Waals surface area contributed by atoms with Crippen LogP contribution in [0, 0.1) is 12.7 Å². The predicted octanol–water partition coefficient (Wildman–Crippen LogP) is 4.20. The Bertz CT molecular complexity index is 877. The molecule has 2 heterocycles. The highest BCUT2D eigenvalue weighted by Gasteiger charge is 2.15. The lowest BCUT2D eigenvalue weighted by Gasteiger charge is -2.07. The lowest BCUT2D eigenvalue weighted by Crippen LogP contribution is -2.14. The number of aromatic nitrogens is 3. The summed E-state index contributed by atoms with van der Waals surface area (Å²) in [7, 11) is 0. The molecule has 8 heteroatoms. The van der Waals surface area contributed by atoms with E-state index >= 15 is 0 Å². The number of thioether (sulfide) groups is 1. The van der Waals surface area contributed by atoms with Crippen LogP contribution in [0.3, 0.4) is 0 Å². The molecule has 5 nitrogen and oxygen atoms in total. The zero-order valence-corrected chi connectivity index (χ0v) is 15.5. The van der Waals surface area contributed by atoms with E-state index in [-0.39, 0.29) is 17.5 Å². The van der Waals surface area contributed by atoms with Gasteiger partial charge in [-0.05, 0) is 43.0 Å². The van der Waals surface area contributed by atoms with Gasteiger partial charge in [-0.1, -0.05) is 23.9 Å². The smallest absolute Gasteiger partial charge is 0.234 e. The first-order valence-corrected chi connectivity index (χ1v) is 9.61. The third kappa shape index (κ3) is 4.08. The molecule has 1 amide bonds. The van der Waals surface area contributed by atoms with Crippen LogP contribution in [0.1, 0.15) is 12.5 Å². The van der Waals surface area contributed by atoms with Gasteiger partial charge in [0.2, 0.25) is 5.91 Å². The molecule has 0 fully saturated rings. The van der Waals surface area contributed by atoms with E-state index < -0.39 is 0 Å². The molecule has 3 aromatic rings. The molecule has 3 rings (SSSR count). The number of carbonyl (C=O) groups excluding carboxylic acids is 1. The fourth-order valence-corrected chi connectivity index (χ4v) is 3.79. The highest BCUT2D eigenvalue weighted by atomic mass is 32.2. The molecule has 1 aromatic carbocycles. The summed E-state index contributed by atoms with van der Waals surface area (Å²) >= 11 is 2.91. The molecule has 25 heavy (non-hydrogen) atoms. The van der Waals surface area contributed by atoms with E-state index in [9.17, 15) is 9.18 Å². The largest absolute Gasteiger partial charge is 0.325 e. The summed E-state index contributed by atoms with van der Waals surface area (Å²) in [5, 5.41) is 13.8. The summed E-state index contributed by atoms with van der Waals surface area (Å²) in [5.74, 6) is 0.437. The van der Waals surface area contributed by atoms with Crippen molar-refractivity contribution < 1.29 is 9.18 Å². The van der Waals surface area contributed by atoms with E-state index in [0.717, 1.165) is 10.7 Å². The third-order valence-corrected chi connectivity index (χ3v) is 5.40. The first-order valence-electron chi connectivity index (χ1n) is 7.74. The second kappa shape index (κ2) is 7.79. The van der Waals surface area contributed by atoms with Gasteiger partial charge in [-0.2, -0.15) is 0 Å². The van der Waals surface area contributed by atoms with E-state index in [0.29, 0.717) is 23.0 Å². The monoisotopic (exact) mass is 376 g/mol. The molecule has 0 aliphatic rings. The number of nitrogens with zero attached hydrogens (tertiary/aromatic N) is 3. The molecular formula is C17H17FN4OS2. The quantitative estimate of drug-likeness (QED) is 0.655. The number of carbonyl (C=O) groups is 1. The maximum atomic E-state index is 13.5. The lowest BCUT2D eigenvalue weighted by atomic mass is 10.2. The van der Waals surface area contributed by atoms with Gasteiger partial charge in [0, 0.05) is 12.2 Å². The number of amides is 1. The van der Waals surface area contributed by atoms with Gasteiger partial charge in [0.15, 0.2) is 11.0 Å². The molecule has 0 spiro atoms. The molecule has 1 N–H and O–H groups in total. The molecule has 0 atom stereocenters. The predicted molar refractivity (Wildman–Crippen MR) is 99.5 cm³/mol. The highest BCUT2D eigenvalue weighted by molar-refractivity contribution is 7.99. The summed E-state index contributed by atoms with van der Waals surface area (Å²) in [6.45, 7) is 4.41. The molecule has 0 aliphatic heterocycles. The molecule has 0 unspecified atom stereocenters. The fourth-order valence-electron chi connectivity index (χ4n) is 2.27. The number of rotatable bonds is 6. The normalized spacial score (nSPS) is 10.8. The second-order valence-electron chi connectivity index (χ2n) is 5.33. The Morgan fingerprint density at radius 3 is 2.88 bits per heavy atom. The number of anilines is 1. The topological polar surface area (TPSA) is 59.8 Å². The van der Waals surface area contributed by atoms with Crippen molar-refractivity contribution in [3.05, 3.63) is 47.1 Å². The van der Waals surface area contributed by atoms with Crippen molar-refractivity contribution in [2.45, 2.75) is 25.5 Å². The Labute approximate surface area is 153 Å². The Balaban J connectivity index is 1.65. The van der Waals surface area contributed by atoms with Crippen LogP contribution in [0.25, 0.3) is 10.7 Å². The first-order chi connectivity index (χ1) is 12.1. The van der Waals surface area contributed by atoms with Crippen molar-refractivity contribution in [1.29, 1.82) is 0 Å². The molecule has 0 bridgehead atoms. The van der Waals surface area contributed by atoms with Crippen molar-refractivity contribution in [2.75, 3.05) is 11.1 Å². The SMILES string of the molecule is CCn1c(SCC(=O)Nc2ccc(C)c(F)c2)nnc1-c1cccs1. The Kier molecular flexibility index (Phi) is 5.50. The highest BCUT2D eigenvalue weighted by Crippen LogP contribution is 2.27. The van der Waals surface area contributed by atoms with E-state index in [4.69, 9.17) is 0 Å². The van der Waals surface area contributed by atoms with E-state index in [1.807, 2.05) is 29.0 Å². The molecular weight excluding hydrogens is 359 g/mol. The first kappa shape index (κ1) is 17.6. The molecule has 0 saturated carbocycles. The average Bonchev–Trinajstić information content (AvgIpc) is 3.24. The van der Waals surface area contributed by atoms with Crippen LogP contribution < -0.4 is 5.32 Å². The van der Waals surface area contributed by atoms with Crippen molar-refractivity contribution in [3.8, 4) is 10.7 Å². The molecule has 130 valence electrons. The van der Waals surface area contributed by atoms with Crippen molar-refractivity contribution >= 4 is 34.7 Å². The van der Waals surface area contributed by atoms with Gasteiger partial charge >= 0.3 is 0 Å². The van der Waals surface area contributed by atoms with E-state index in [2.05, 4.69) is 15.5 Å². The number of thiophene rings is 1. The van der Waals surface area contributed by atoms with Crippen LogP contribution in [-0.4, -0.2) is 26.4 Å². The van der Waals surface area contributed by atoms with Crippen LogP contribution in [0.5, 0.6) is 0 Å². The maximum absolute atomic E-state index is 13.5. The van der Waals surface area contributed by atoms with Gasteiger partial charge in [0.25, 0.3) is 0 Å². The fraction of sp³-hybridized carbons (Fsp3) is 0.235. The molecule has 0 radical (unpaired) electrons. The Morgan fingerprint density at radius 1 is 1.36 bits per heavy atom. The van der Waals surface area contributed by atoms with Crippen LogP contribution in [0.2, 0.25) is 0 Å². The summed E-state index contributed by atoms with van der Waals surface area (Å²) in [4.78, 5) is 13.1. The minimum absolute atomic E-state index is 0.179. The number of hydrogen-bond acceptors (Lipinski definition) is 5. The summed E-state index contributed by atoms with van der Waals surface area (Å²) in [6.07, 6.45) is 0. The zero-order chi connectivity index (χ0) is 17.8. The Morgan fingerprint density at radius 2 is 2.20 bits per heavy atom. The minimum Gasteiger partial charge on any atom is -0.325 e. The van der Waals surface area contributed by atoms with Gasteiger partial charge in [0.1, 0.15) is 5.82 Å². The number of benzene rings is 1. The van der Waals surface area contributed by atoms with Crippen molar-refractivity contribution in [3.63, 3.8) is 0 Å². The number of nitrogens with one attached hydrogen (secondary N) is 1. The summed E-state index contributed by atoms with van der Waals surface area (Å²) < 4.78 is 15.5. The van der Waals surface area contributed by atoms with Crippen LogP contribution >= 0.6 is 23.1 Å². The van der Waals surface area contributed by atoms with Gasteiger partial charge in [-0.3, -0.25) is 4.79 Å². The van der Waals surface area contributed by atoms with E-state index in [1.165, 1.54) is 17.8 Å². The van der Waals surface area contributed by atoms with E-state index in [1.54, 1.807) is 30.4 Å². The Hall–Kier alpha value is -2.19. The molecule has 2 aromatic heterocycles. The number of halogens is 1. The number of hydrogen-bond donors (Lipinski definition) is 1. The number of aryl methyl sites for hydroxylation is 1. The van der Waals surface area contributed by atoms with Gasteiger partial charge in [0.05, 0.1) is 10.6 Å². The summed E-state index contributed by atoms with van der Waals surface area (Å²) in [5.41, 5.74) is 0.995. The zero-order valence-electron chi connectivity index (χ0n) is 13.8. The van der Waals surface area contributed by atoms with Crippen molar-refractivity contribution in [1.82, 2.24) is 14.8 Å². The van der Waals surface area contributed by atoms with Gasteiger partial charge < -0.3 is 9.88 Å². The minimum atomic E-state index is -0.336.